The summed E-state index contributed by atoms with van der Waals surface area (Å²) < 4.78 is 0. The first-order chi connectivity index (χ1) is 8.09. The number of nitrogens with one attached hydrogen (secondary N) is 1. The second kappa shape index (κ2) is 5.03. The van der Waals surface area contributed by atoms with E-state index in [0.717, 1.165) is 32.4 Å². The lowest BCUT2D eigenvalue weighted by Gasteiger charge is -2.24. The number of allylic oxidation sites excluding steroid dienone is 2. The fraction of sp³-hybridized carbons (Fsp3) is 0.714. The Hall–Kier alpha value is -1.12. The Labute approximate surface area is 103 Å². The average molecular weight is 234 g/mol. The van der Waals surface area contributed by atoms with E-state index in [4.69, 9.17) is 5.41 Å². The fourth-order valence-corrected chi connectivity index (χ4v) is 2.90. The van der Waals surface area contributed by atoms with Crippen LogP contribution in [0.4, 0.5) is 0 Å². The van der Waals surface area contributed by atoms with Crippen molar-refractivity contribution in [1.29, 1.82) is 5.41 Å². The van der Waals surface area contributed by atoms with Gasteiger partial charge in [-0.15, -0.1) is 0 Å². The molecule has 1 aliphatic heterocycles. The maximum atomic E-state index is 12.2. The molecule has 17 heavy (non-hydrogen) atoms. The summed E-state index contributed by atoms with van der Waals surface area (Å²) in [7, 11) is 0. The van der Waals surface area contributed by atoms with Crippen LogP contribution in [0.2, 0.25) is 0 Å². The normalized spacial score (nSPS) is 29.5. The van der Waals surface area contributed by atoms with Gasteiger partial charge in [-0.3, -0.25) is 10.2 Å². The summed E-state index contributed by atoms with van der Waals surface area (Å²) in [5, 5.41) is 8.09. The second-order valence-corrected chi connectivity index (χ2v) is 5.64. The molecule has 3 heteroatoms. The first-order valence-corrected chi connectivity index (χ1v) is 6.64. The molecule has 0 aromatic carbocycles. The molecule has 94 valence electrons. The molecule has 2 rings (SSSR count). The van der Waals surface area contributed by atoms with Crippen molar-refractivity contribution in [3.05, 3.63) is 12.2 Å². The number of rotatable bonds is 2. The third-order valence-corrected chi connectivity index (χ3v) is 3.76. The molecule has 2 atom stereocenters. The van der Waals surface area contributed by atoms with Crippen LogP contribution in [-0.4, -0.2) is 29.6 Å². The molecule has 1 saturated heterocycles. The maximum Gasteiger partial charge on any atom is 0.268 e. The Morgan fingerprint density at radius 1 is 1.47 bits per heavy atom. The number of carbonyl (C=O) groups excluding carboxylic acids is 1. The summed E-state index contributed by atoms with van der Waals surface area (Å²) in [6.45, 7) is 5.85. The van der Waals surface area contributed by atoms with Gasteiger partial charge in [0.25, 0.3) is 5.91 Å². The monoisotopic (exact) mass is 234 g/mol. The van der Waals surface area contributed by atoms with Gasteiger partial charge in [-0.25, -0.2) is 0 Å². The van der Waals surface area contributed by atoms with Gasteiger partial charge in [-0.2, -0.15) is 0 Å². The maximum absolute atomic E-state index is 12.2. The third kappa shape index (κ3) is 2.59. The molecular weight excluding hydrogens is 212 g/mol. The van der Waals surface area contributed by atoms with Gasteiger partial charge in [-0.05, 0) is 31.1 Å². The summed E-state index contributed by atoms with van der Waals surface area (Å²) in [6.07, 6.45) is 7.49. The van der Waals surface area contributed by atoms with Crippen LogP contribution in [0.3, 0.4) is 0 Å². The molecule has 1 aliphatic carbocycles. The van der Waals surface area contributed by atoms with Crippen LogP contribution in [0.25, 0.3) is 0 Å². The molecule has 0 aromatic heterocycles. The quantitative estimate of drug-likeness (QED) is 0.733. The van der Waals surface area contributed by atoms with E-state index in [1.165, 1.54) is 0 Å². The van der Waals surface area contributed by atoms with Gasteiger partial charge in [0.2, 0.25) is 0 Å². The van der Waals surface area contributed by atoms with E-state index in [-0.39, 0.29) is 11.8 Å². The summed E-state index contributed by atoms with van der Waals surface area (Å²) in [5.74, 6) is 1.02. The minimum atomic E-state index is -0.0437. The summed E-state index contributed by atoms with van der Waals surface area (Å²) in [6, 6.07) is 0. The van der Waals surface area contributed by atoms with E-state index in [2.05, 4.69) is 26.0 Å². The lowest BCUT2D eigenvalue weighted by Crippen LogP contribution is -2.39. The van der Waals surface area contributed by atoms with Crippen molar-refractivity contribution in [2.75, 3.05) is 13.1 Å². The van der Waals surface area contributed by atoms with Gasteiger partial charge in [-0.1, -0.05) is 26.0 Å². The SMILES string of the molecule is CC(C)CN1CC[C@H]2CCC=CC2C(=N)C1=O. The summed E-state index contributed by atoms with van der Waals surface area (Å²) >= 11 is 0. The fourth-order valence-electron chi connectivity index (χ4n) is 2.90. The van der Waals surface area contributed by atoms with E-state index >= 15 is 0 Å². The van der Waals surface area contributed by atoms with Gasteiger partial charge in [0, 0.05) is 19.0 Å². The average Bonchev–Trinajstić information content (AvgIpc) is 2.42. The van der Waals surface area contributed by atoms with Crippen LogP contribution in [-0.2, 0) is 4.79 Å². The molecule has 0 saturated carbocycles. The highest BCUT2D eigenvalue weighted by Gasteiger charge is 2.35. The largest absolute Gasteiger partial charge is 0.337 e. The van der Waals surface area contributed by atoms with Crippen molar-refractivity contribution in [2.45, 2.75) is 33.1 Å². The zero-order valence-electron chi connectivity index (χ0n) is 10.8. The van der Waals surface area contributed by atoms with Gasteiger partial charge in [0.05, 0.1) is 0 Å². The lowest BCUT2D eigenvalue weighted by molar-refractivity contribution is -0.124. The van der Waals surface area contributed by atoms with Crippen molar-refractivity contribution >= 4 is 11.6 Å². The van der Waals surface area contributed by atoms with Crippen molar-refractivity contribution in [3.8, 4) is 0 Å². The molecular formula is C14H22N2O. The number of nitrogens with zero attached hydrogens (tertiary/aromatic N) is 1. The van der Waals surface area contributed by atoms with Gasteiger partial charge >= 0.3 is 0 Å². The topological polar surface area (TPSA) is 44.2 Å². The minimum Gasteiger partial charge on any atom is -0.337 e. The van der Waals surface area contributed by atoms with E-state index in [1.54, 1.807) is 0 Å². The van der Waals surface area contributed by atoms with E-state index < -0.39 is 0 Å². The molecule has 0 aromatic rings. The van der Waals surface area contributed by atoms with Gasteiger partial charge in [0.1, 0.15) is 5.71 Å². The number of fused-ring (bicyclic) bond motifs is 1. The highest BCUT2D eigenvalue weighted by molar-refractivity contribution is 6.38. The Bertz CT molecular complexity index is 346. The van der Waals surface area contributed by atoms with Crippen molar-refractivity contribution < 1.29 is 4.79 Å². The van der Waals surface area contributed by atoms with Crippen molar-refractivity contribution in [2.24, 2.45) is 17.8 Å². The summed E-state index contributed by atoms with van der Waals surface area (Å²) in [4.78, 5) is 14.1. The van der Waals surface area contributed by atoms with Gasteiger partial charge in [0.15, 0.2) is 0 Å². The molecule has 0 bridgehead atoms. The molecule has 3 nitrogen and oxygen atoms in total. The lowest BCUT2D eigenvalue weighted by atomic mass is 9.80. The number of hydrogen-bond acceptors (Lipinski definition) is 2. The van der Waals surface area contributed by atoms with Crippen molar-refractivity contribution in [3.63, 3.8) is 0 Å². The number of hydrogen-bond donors (Lipinski definition) is 1. The molecule has 1 heterocycles. The molecule has 1 fully saturated rings. The Morgan fingerprint density at radius 3 is 2.94 bits per heavy atom. The molecule has 1 unspecified atom stereocenters. The minimum absolute atomic E-state index is 0.0437. The first kappa shape index (κ1) is 12.3. The van der Waals surface area contributed by atoms with Gasteiger partial charge < -0.3 is 4.90 Å². The van der Waals surface area contributed by atoms with Crippen LogP contribution < -0.4 is 0 Å². The van der Waals surface area contributed by atoms with E-state index in [1.807, 2.05) is 4.90 Å². The Kier molecular flexibility index (Phi) is 3.65. The number of amides is 1. The zero-order valence-corrected chi connectivity index (χ0v) is 10.8. The zero-order chi connectivity index (χ0) is 12.4. The second-order valence-electron chi connectivity index (χ2n) is 5.64. The van der Waals surface area contributed by atoms with E-state index in [9.17, 15) is 4.79 Å². The summed E-state index contributed by atoms with van der Waals surface area (Å²) in [5.41, 5.74) is 0.309. The van der Waals surface area contributed by atoms with Crippen LogP contribution >= 0.6 is 0 Å². The van der Waals surface area contributed by atoms with E-state index in [0.29, 0.717) is 17.5 Å². The third-order valence-electron chi connectivity index (χ3n) is 3.76. The smallest absolute Gasteiger partial charge is 0.268 e. The van der Waals surface area contributed by atoms with Crippen LogP contribution in [0.15, 0.2) is 12.2 Å². The molecule has 1 amide bonds. The predicted octanol–water partition coefficient (Wildman–Crippen LogP) is 2.48. The number of likely N-dealkylation sites (tertiary alicyclic amines) is 1. The molecule has 2 aliphatic rings. The van der Waals surface area contributed by atoms with Crippen LogP contribution in [0.1, 0.15) is 33.1 Å². The highest BCUT2D eigenvalue weighted by atomic mass is 16.2. The molecule has 1 N–H and O–H groups in total. The Balaban J connectivity index is 2.15. The van der Waals surface area contributed by atoms with Crippen LogP contribution in [0.5, 0.6) is 0 Å². The number of carbonyl (C=O) groups is 1. The standard InChI is InChI=1S/C14H22N2O/c1-10(2)9-16-8-7-11-5-3-4-6-12(11)13(15)14(16)17/h4,6,10-12,15H,3,5,7-9H2,1-2H3/t11-,12?/m1/s1. The predicted molar refractivity (Wildman–Crippen MR) is 69.1 cm³/mol. The van der Waals surface area contributed by atoms with Crippen LogP contribution in [0, 0.1) is 23.2 Å². The Morgan fingerprint density at radius 2 is 2.24 bits per heavy atom. The molecule has 0 spiro atoms. The first-order valence-electron chi connectivity index (χ1n) is 6.64. The highest BCUT2D eigenvalue weighted by Crippen LogP contribution is 2.31. The molecule has 0 radical (unpaired) electrons. The van der Waals surface area contributed by atoms with Crippen molar-refractivity contribution in [1.82, 2.24) is 4.90 Å².